The third-order valence-corrected chi connectivity index (χ3v) is 8.38. The Balaban J connectivity index is 1.50. The number of anilines is 1. The Bertz CT molecular complexity index is 1140. The smallest absolute Gasteiger partial charge is 0.267 e. The van der Waals surface area contributed by atoms with Gasteiger partial charge in [0.1, 0.15) is 6.04 Å². The minimum Gasteiger partial charge on any atom is -0.368 e. The van der Waals surface area contributed by atoms with Crippen LogP contribution in [-0.2, 0) is 19.6 Å². The molecule has 2 heterocycles. The first kappa shape index (κ1) is 22.3. The zero-order valence-corrected chi connectivity index (χ0v) is 19.6. The molecule has 0 bridgehead atoms. The second kappa shape index (κ2) is 8.58. The highest BCUT2D eigenvalue weighted by Gasteiger charge is 2.45. The topological polar surface area (TPSA) is 78.0 Å². The number of carbonyl (C=O) groups excluding carboxylic acids is 2. The maximum absolute atomic E-state index is 13.3. The minimum atomic E-state index is -4.08. The number of piperazine rings is 1. The van der Waals surface area contributed by atoms with Gasteiger partial charge in [0.05, 0.1) is 4.90 Å². The standard InChI is InChI=1S/C24H29N3O4S/c1-17-7-9-20(10-8-17)32(30,31)27-22(11-12-23(27)28)24(29)26-15-13-25(14-16-26)21-6-4-5-18(2)19(21)3/h4-10,22H,11-16H2,1-3H3/t22-/m0/s1. The van der Waals surface area contributed by atoms with Gasteiger partial charge in [-0.25, -0.2) is 12.7 Å². The van der Waals surface area contributed by atoms with E-state index in [1.54, 1.807) is 17.0 Å². The second-order valence-corrected chi connectivity index (χ2v) is 10.4. The van der Waals surface area contributed by atoms with Crippen LogP contribution < -0.4 is 4.90 Å². The summed E-state index contributed by atoms with van der Waals surface area (Å²) >= 11 is 0. The van der Waals surface area contributed by atoms with Crippen molar-refractivity contribution >= 4 is 27.5 Å². The molecule has 0 saturated carbocycles. The van der Waals surface area contributed by atoms with Gasteiger partial charge in [0.15, 0.2) is 0 Å². The van der Waals surface area contributed by atoms with Crippen LogP contribution in [0.1, 0.15) is 29.5 Å². The molecule has 0 unspecified atom stereocenters. The molecule has 0 spiro atoms. The van der Waals surface area contributed by atoms with Crippen LogP contribution in [0.25, 0.3) is 0 Å². The number of rotatable bonds is 4. The van der Waals surface area contributed by atoms with E-state index in [2.05, 4.69) is 30.9 Å². The molecular weight excluding hydrogens is 426 g/mol. The Morgan fingerprint density at radius 2 is 1.59 bits per heavy atom. The van der Waals surface area contributed by atoms with Gasteiger partial charge in [-0.15, -0.1) is 0 Å². The Morgan fingerprint density at radius 1 is 0.938 bits per heavy atom. The van der Waals surface area contributed by atoms with Crippen LogP contribution in [0, 0.1) is 20.8 Å². The third-order valence-electron chi connectivity index (χ3n) is 6.53. The van der Waals surface area contributed by atoms with Gasteiger partial charge in [0.2, 0.25) is 11.8 Å². The van der Waals surface area contributed by atoms with E-state index < -0.39 is 22.0 Å². The molecule has 2 aliphatic rings. The molecule has 7 nitrogen and oxygen atoms in total. The van der Waals surface area contributed by atoms with Gasteiger partial charge in [-0.3, -0.25) is 9.59 Å². The summed E-state index contributed by atoms with van der Waals surface area (Å²) in [5.41, 5.74) is 4.54. The van der Waals surface area contributed by atoms with Gasteiger partial charge in [0, 0.05) is 38.3 Å². The van der Waals surface area contributed by atoms with Crippen LogP contribution in [0.15, 0.2) is 47.4 Å². The number of aryl methyl sites for hydroxylation is 2. The molecule has 4 rings (SSSR count). The van der Waals surface area contributed by atoms with Crippen molar-refractivity contribution in [1.29, 1.82) is 0 Å². The predicted octanol–water partition coefficient (Wildman–Crippen LogP) is 2.64. The lowest BCUT2D eigenvalue weighted by molar-refractivity contribution is -0.138. The molecule has 2 aromatic rings. The summed E-state index contributed by atoms with van der Waals surface area (Å²) in [6.07, 6.45) is 0.282. The van der Waals surface area contributed by atoms with E-state index in [0.29, 0.717) is 26.2 Å². The van der Waals surface area contributed by atoms with E-state index in [1.807, 2.05) is 13.0 Å². The fourth-order valence-corrected chi connectivity index (χ4v) is 6.06. The number of carbonyl (C=O) groups is 2. The average Bonchev–Trinajstić information content (AvgIpc) is 3.18. The Hall–Kier alpha value is -2.87. The lowest BCUT2D eigenvalue weighted by atomic mass is 10.1. The first-order valence-electron chi connectivity index (χ1n) is 10.9. The van der Waals surface area contributed by atoms with E-state index in [0.717, 1.165) is 15.6 Å². The van der Waals surface area contributed by atoms with Crippen LogP contribution in [-0.4, -0.2) is 61.7 Å². The molecule has 0 aromatic heterocycles. The molecule has 1 atom stereocenters. The van der Waals surface area contributed by atoms with Crippen molar-refractivity contribution in [3.8, 4) is 0 Å². The third kappa shape index (κ3) is 3.99. The number of amides is 2. The van der Waals surface area contributed by atoms with Crippen LogP contribution in [0.2, 0.25) is 0 Å². The van der Waals surface area contributed by atoms with Crippen molar-refractivity contribution in [2.24, 2.45) is 0 Å². The van der Waals surface area contributed by atoms with Crippen LogP contribution in [0.4, 0.5) is 5.69 Å². The highest BCUT2D eigenvalue weighted by Crippen LogP contribution is 2.30. The summed E-state index contributed by atoms with van der Waals surface area (Å²) < 4.78 is 27.2. The Kier molecular flexibility index (Phi) is 5.99. The van der Waals surface area contributed by atoms with E-state index >= 15 is 0 Å². The molecular formula is C24H29N3O4S. The zero-order valence-electron chi connectivity index (χ0n) is 18.7. The van der Waals surface area contributed by atoms with Crippen molar-refractivity contribution in [2.45, 2.75) is 44.6 Å². The van der Waals surface area contributed by atoms with Crippen molar-refractivity contribution in [1.82, 2.24) is 9.21 Å². The zero-order chi connectivity index (χ0) is 23.0. The molecule has 0 N–H and O–H groups in total. The maximum Gasteiger partial charge on any atom is 0.267 e. The lowest BCUT2D eigenvalue weighted by Crippen LogP contribution is -2.55. The van der Waals surface area contributed by atoms with Gasteiger partial charge in [0.25, 0.3) is 10.0 Å². The summed E-state index contributed by atoms with van der Waals surface area (Å²) in [5.74, 6) is -0.801. The first-order chi connectivity index (χ1) is 15.2. The van der Waals surface area contributed by atoms with Gasteiger partial charge in [-0.2, -0.15) is 0 Å². The number of nitrogens with zero attached hydrogens (tertiary/aromatic N) is 3. The summed E-state index contributed by atoms with van der Waals surface area (Å²) in [6, 6.07) is 11.6. The van der Waals surface area contributed by atoms with Crippen molar-refractivity contribution < 1.29 is 18.0 Å². The second-order valence-electron chi connectivity index (χ2n) is 8.59. The molecule has 2 aliphatic heterocycles. The summed E-state index contributed by atoms with van der Waals surface area (Å²) in [4.78, 5) is 29.8. The highest BCUT2D eigenvalue weighted by molar-refractivity contribution is 7.89. The van der Waals surface area contributed by atoms with Gasteiger partial charge in [-0.05, 0) is 56.5 Å². The van der Waals surface area contributed by atoms with E-state index in [1.165, 1.54) is 23.3 Å². The molecule has 2 aromatic carbocycles. The largest absolute Gasteiger partial charge is 0.368 e. The van der Waals surface area contributed by atoms with E-state index in [-0.39, 0.29) is 23.6 Å². The van der Waals surface area contributed by atoms with Crippen molar-refractivity contribution in [2.75, 3.05) is 31.1 Å². The number of benzene rings is 2. The van der Waals surface area contributed by atoms with Crippen molar-refractivity contribution in [3.63, 3.8) is 0 Å². The minimum absolute atomic E-state index is 0.0379. The molecule has 2 fully saturated rings. The molecule has 170 valence electrons. The first-order valence-corrected chi connectivity index (χ1v) is 12.4. The van der Waals surface area contributed by atoms with Gasteiger partial charge >= 0.3 is 0 Å². The van der Waals surface area contributed by atoms with Crippen LogP contribution in [0.5, 0.6) is 0 Å². The molecule has 2 amide bonds. The molecule has 0 aliphatic carbocycles. The number of sulfonamides is 1. The summed E-state index contributed by atoms with van der Waals surface area (Å²) in [7, 11) is -4.08. The number of hydrogen-bond donors (Lipinski definition) is 0. The van der Waals surface area contributed by atoms with Crippen LogP contribution >= 0.6 is 0 Å². The summed E-state index contributed by atoms with van der Waals surface area (Å²) in [5, 5.41) is 0. The molecule has 32 heavy (non-hydrogen) atoms. The number of hydrogen-bond acceptors (Lipinski definition) is 5. The maximum atomic E-state index is 13.3. The highest BCUT2D eigenvalue weighted by atomic mass is 32.2. The monoisotopic (exact) mass is 455 g/mol. The lowest BCUT2D eigenvalue weighted by Gasteiger charge is -2.38. The SMILES string of the molecule is Cc1ccc(S(=O)(=O)N2C(=O)CC[C@H]2C(=O)N2CCN(c3cccc(C)c3C)CC2)cc1. The van der Waals surface area contributed by atoms with Crippen molar-refractivity contribution in [3.05, 3.63) is 59.2 Å². The molecule has 2 saturated heterocycles. The van der Waals surface area contributed by atoms with E-state index in [9.17, 15) is 18.0 Å². The van der Waals surface area contributed by atoms with E-state index in [4.69, 9.17) is 0 Å². The Labute approximate surface area is 189 Å². The molecule has 8 heteroatoms. The quantitative estimate of drug-likeness (QED) is 0.708. The average molecular weight is 456 g/mol. The van der Waals surface area contributed by atoms with Crippen LogP contribution in [0.3, 0.4) is 0 Å². The van der Waals surface area contributed by atoms with Gasteiger partial charge < -0.3 is 9.80 Å². The van der Waals surface area contributed by atoms with Gasteiger partial charge in [-0.1, -0.05) is 29.8 Å². The Morgan fingerprint density at radius 3 is 2.25 bits per heavy atom. The normalized spacial score (nSPS) is 19.5. The fourth-order valence-electron chi connectivity index (χ4n) is 4.47. The molecule has 0 radical (unpaired) electrons. The summed E-state index contributed by atoms with van der Waals surface area (Å²) in [6.45, 7) is 8.37. The predicted molar refractivity (Wildman–Crippen MR) is 123 cm³/mol. The fraction of sp³-hybridized carbons (Fsp3) is 0.417.